The highest BCUT2D eigenvalue weighted by atomic mass is 35.5. The van der Waals surface area contributed by atoms with E-state index in [1.807, 2.05) is 54.6 Å². The van der Waals surface area contributed by atoms with E-state index in [-0.39, 0.29) is 5.78 Å². The second-order valence-electron chi connectivity index (χ2n) is 10.5. The number of halogens is 1. The molecule has 1 nitrogen and oxygen atoms in total. The van der Waals surface area contributed by atoms with Gasteiger partial charge in [-0.15, -0.1) is 0 Å². The maximum Gasteiger partial charge on any atom is 0.193 e. The average molecular weight is 531 g/mol. The van der Waals surface area contributed by atoms with Gasteiger partial charge < -0.3 is 0 Å². The quantitative estimate of drug-likeness (QED) is 0.217. The molecule has 2 heteroatoms. The summed E-state index contributed by atoms with van der Waals surface area (Å²) in [5.41, 5.74) is 11.5. The Bertz CT molecular complexity index is 1970. The molecule has 6 aromatic rings. The molecule has 6 aromatic carbocycles. The maximum atomic E-state index is 14.4. The number of benzene rings is 6. The second kappa shape index (κ2) is 8.64. The zero-order chi connectivity index (χ0) is 26.8. The van der Waals surface area contributed by atoms with Crippen LogP contribution < -0.4 is 0 Å². The molecule has 2 aliphatic rings. The minimum Gasteiger partial charge on any atom is -0.289 e. The van der Waals surface area contributed by atoms with E-state index in [4.69, 9.17) is 11.6 Å². The smallest absolute Gasteiger partial charge is 0.193 e. The van der Waals surface area contributed by atoms with Crippen molar-refractivity contribution in [3.63, 3.8) is 0 Å². The third kappa shape index (κ3) is 3.07. The number of carbonyl (C=O) groups is 1. The fourth-order valence-corrected chi connectivity index (χ4v) is 7.21. The van der Waals surface area contributed by atoms with Crippen molar-refractivity contribution in [2.45, 2.75) is 5.41 Å². The molecule has 8 rings (SSSR count). The first-order valence-electron chi connectivity index (χ1n) is 13.5. The Morgan fingerprint density at radius 3 is 1.77 bits per heavy atom. The summed E-state index contributed by atoms with van der Waals surface area (Å²) in [6.07, 6.45) is 0. The summed E-state index contributed by atoms with van der Waals surface area (Å²) in [4.78, 5) is 14.4. The van der Waals surface area contributed by atoms with Gasteiger partial charge in [0.1, 0.15) is 0 Å². The van der Waals surface area contributed by atoms with E-state index in [1.165, 1.54) is 0 Å². The third-order valence-electron chi connectivity index (χ3n) is 8.56. The summed E-state index contributed by atoms with van der Waals surface area (Å²) in [6.45, 7) is 0. The second-order valence-corrected chi connectivity index (χ2v) is 10.9. The fraction of sp³-hybridized carbons (Fsp3) is 0.0263. The van der Waals surface area contributed by atoms with Crippen molar-refractivity contribution >= 4 is 17.4 Å². The van der Waals surface area contributed by atoms with Gasteiger partial charge in [0.2, 0.25) is 0 Å². The van der Waals surface area contributed by atoms with E-state index >= 15 is 0 Å². The van der Waals surface area contributed by atoms with Gasteiger partial charge in [-0.3, -0.25) is 4.79 Å². The number of hydrogen-bond acceptors (Lipinski definition) is 1. The summed E-state index contributed by atoms with van der Waals surface area (Å²) >= 11 is 7.15. The van der Waals surface area contributed by atoms with Crippen LogP contribution in [0.5, 0.6) is 0 Å². The van der Waals surface area contributed by atoms with Crippen LogP contribution >= 0.6 is 11.6 Å². The largest absolute Gasteiger partial charge is 0.289 e. The molecule has 0 aliphatic heterocycles. The molecule has 0 saturated heterocycles. The molecular weight excluding hydrogens is 508 g/mol. The van der Waals surface area contributed by atoms with Gasteiger partial charge in [-0.25, -0.2) is 0 Å². The third-order valence-corrected chi connectivity index (χ3v) is 8.88. The molecule has 0 unspecified atom stereocenters. The summed E-state index contributed by atoms with van der Waals surface area (Å²) in [5.74, 6) is 0.0472. The molecule has 0 heterocycles. The van der Waals surface area contributed by atoms with E-state index in [0.717, 1.165) is 66.8 Å². The normalized spacial score (nSPS) is 16.3. The average Bonchev–Trinajstić information content (AvgIpc) is 3.32. The minimum absolute atomic E-state index is 0.0472. The molecule has 0 radical (unpaired) electrons. The molecule has 1 spiro atoms. The first-order valence-corrected chi connectivity index (χ1v) is 13.9. The summed E-state index contributed by atoms with van der Waals surface area (Å²) in [6, 6.07) is 48.0. The van der Waals surface area contributed by atoms with Crippen LogP contribution in [0, 0.1) is 0 Å². The van der Waals surface area contributed by atoms with Crippen molar-refractivity contribution in [2.24, 2.45) is 0 Å². The van der Waals surface area contributed by atoms with Gasteiger partial charge >= 0.3 is 0 Å². The first-order chi connectivity index (χ1) is 19.7. The molecule has 0 fully saturated rings. The Kier molecular flexibility index (Phi) is 5.01. The van der Waals surface area contributed by atoms with Gasteiger partial charge in [-0.2, -0.15) is 0 Å². The van der Waals surface area contributed by atoms with Crippen LogP contribution in [0.3, 0.4) is 0 Å². The molecule has 0 N–H and O–H groups in total. The van der Waals surface area contributed by atoms with Gasteiger partial charge in [-0.1, -0.05) is 133 Å². The monoisotopic (exact) mass is 530 g/mol. The number of ketones is 1. The SMILES string of the molecule is O=C1c2cc(-c3ccccc3)ccc2[C@@]2(c3cc(-c4ccccc4)ccc31)c1ccccc1-c1cccc(Cl)c12. The molecule has 2 aliphatic carbocycles. The van der Waals surface area contributed by atoms with Crippen LogP contribution in [0.25, 0.3) is 33.4 Å². The molecule has 1 atom stereocenters. The van der Waals surface area contributed by atoms with Crippen LogP contribution in [-0.4, -0.2) is 5.78 Å². The minimum atomic E-state index is -0.719. The van der Waals surface area contributed by atoms with E-state index < -0.39 is 5.41 Å². The zero-order valence-electron chi connectivity index (χ0n) is 21.6. The topological polar surface area (TPSA) is 17.1 Å². The number of hydrogen-bond donors (Lipinski definition) is 0. The van der Waals surface area contributed by atoms with Gasteiger partial charge in [0.25, 0.3) is 0 Å². The van der Waals surface area contributed by atoms with Crippen LogP contribution in [0.1, 0.15) is 38.2 Å². The Balaban J connectivity index is 1.52. The van der Waals surface area contributed by atoms with Gasteiger partial charge in [0.05, 0.1) is 5.41 Å². The summed E-state index contributed by atoms with van der Waals surface area (Å²) in [7, 11) is 0. The summed E-state index contributed by atoms with van der Waals surface area (Å²) in [5, 5.41) is 0.706. The standard InChI is InChI=1S/C38H23ClO/c39-35-17-9-15-29-28-14-7-8-16-32(28)38(36(29)35)33-21-19-26(24-10-3-1-4-11-24)22-31(33)37(40)30-20-18-27(23-34(30)38)25-12-5-2-6-13-25/h1-23H/t38-/m1/s1. The van der Waals surface area contributed by atoms with Crippen molar-refractivity contribution in [2.75, 3.05) is 0 Å². The lowest BCUT2D eigenvalue weighted by Gasteiger charge is -2.40. The van der Waals surface area contributed by atoms with Crippen LogP contribution in [0.4, 0.5) is 0 Å². The van der Waals surface area contributed by atoms with E-state index in [2.05, 4.69) is 84.9 Å². The maximum absolute atomic E-state index is 14.4. The number of fused-ring (bicyclic) bond motifs is 9. The van der Waals surface area contributed by atoms with E-state index in [0.29, 0.717) is 5.02 Å². The molecule has 0 bridgehead atoms. The fourth-order valence-electron chi connectivity index (χ4n) is 6.89. The van der Waals surface area contributed by atoms with Gasteiger partial charge in [0, 0.05) is 16.1 Å². The van der Waals surface area contributed by atoms with Crippen molar-refractivity contribution in [1.29, 1.82) is 0 Å². The molecule has 40 heavy (non-hydrogen) atoms. The van der Waals surface area contributed by atoms with Crippen molar-refractivity contribution in [3.8, 4) is 33.4 Å². The first kappa shape index (κ1) is 23.2. The van der Waals surface area contributed by atoms with E-state index in [9.17, 15) is 4.79 Å². The van der Waals surface area contributed by atoms with Gasteiger partial charge in [-0.05, 0) is 73.8 Å². The predicted octanol–water partition coefficient (Wildman–Crippen LogP) is 9.58. The number of carbonyl (C=O) groups excluding carboxylic acids is 1. The van der Waals surface area contributed by atoms with E-state index in [1.54, 1.807) is 0 Å². The number of rotatable bonds is 2. The molecule has 188 valence electrons. The predicted molar refractivity (Wildman–Crippen MR) is 163 cm³/mol. The highest BCUT2D eigenvalue weighted by Gasteiger charge is 2.52. The van der Waals surface area contributed by atoms with Crippen molar-refractivity contribution in [3.05, 3.63) is 178 Å². The lowest BCUT2D eigenvalue weighted by atomic mass is 9.60. The Morgan fingerprint density at radius 2 is 1.02 bits per heavy atom. The van der Waals surface area contributed by atoms with Crippen LogP contribution in [0.15, 0.2) is 140 Å². The highest BCUT2D eigenvalue weighted by molar-refractivity contribution is 6.32. The zero-order valence-corrected chi connectivity index (χ0v) is 22.3. The Labute approximate surface area is 238 Å². The molecular formula is C38H23ClO. The molecule has 0 amide bonds. The Hall–Kier alpha value is -4.72. The Morgan fingerprint density at radius 1 is 0.425 bits per heavy atom. The summed E-state index contributed by atoms with van der Waals surface area (Å²) < 4.78 is 0. The van der Waals surface area contributed by atoms with Crippen molar-refractivity contribution < 1.29 is 4.79 Å². The van der Waals surface area contributed by atoms with Crippen LogP contribution in [0.2, 0.25) is 5.02 Å². The lowest BCUT2D eigenvalue weighted by Crippen LogP contribution is -2.36. The van der Waals surface area contributed by atoms with Crippen LogP contribution in [-0.2, 0) is 5.41 Å². The highest BCUT2D eigenvalue weighted by Crippen LogP contribution is 2.61. The van der Waals surface area contributed by atoms with Crippen molar-refractivity contribution in [1.82, 2.24) is 0 Å². The lowest BCUT2D eigenvalue weighted by molar-refractivity contribution is 0.103. The molecule has 0 aromatic heterocycles. The van der Waals surface area contributed by atoms with Gasteiger partial charge in [0.15, 0.2) is 5.78 Å². The molecule has 0 saturated carbocycles.